The first-order valence-electron chi connectivity index (χ1n) is 10.0. The van der Waals surface area contributed by atoms with Gasteiger partial charge in [-0.1, -0.05) is 32.0 Å². The molecule has 156 valence electrons. The van der Waals surface area contributed by atoms with Gasteiger partial charge in [-0.2, -0.15) is 13.2 Å². The number of nitrogens with one attached hydrogen (secondary N) is 1. The first-order valence-corrected chi connectivity index (χ1v) is 10.0. The number of hydrogen-bond donors (Lipinski definition) is 3. The third-order valence-corrected chi connectivity index (χ3v) is 6.59. The molecule has 3 rings (SSSR count). The Bertz CT molecular complexity index is 721. The maximum Gasteiger partial charge on any atom is 0.416 e. The molecule has 0 aromatic heterocycles. The van der Waals surface area contributed by atoms with E-state index in [1.54, 1.807) is 6.07 Å². The average Bonchev–Trinajstić information content (AvgIpc) is 3.16. The van der Waals surface area contributed by atoms with Crippen molar-refractivity contribution < 1.29 is 18.0 Å². The Balaban J connectivity index is 1.74. The van der Waals surface area contributed by atoms with Gasteiger partial charge < -0.3 is 16.8 Å². The van der Waals surface area contributed by atoms with Crippen molar-refractivity contribution in [3.8, 4) is 0 Å². The minimum Gasteiger partial charge on any atom is -0.368 e. The Kier molecular flexibility index (Phi) is 5.79. The summed E-state index contributed by atoms with van der Waals surface area (Å²) in [5.74, 6) is 0.345. The molecule has 1 saturated heterocycles. The highest BCUT2D eigenvalue weighted by molar-refractivity contribution is 5.85. The smallest absolute Gasteiger partial charge is 0.368 e. The molecule has 1 heterocycles. The minimum absolute atomic E-state index is 0.0106. The number of halogens is 3. The second-order valence-electron chi connectivity index (χ2n) is 8.93. The zero-order valence-corrected chi connectivity index (χ0v) is 16.4. The summed E-state index contributed by atoms with van der Waals surface area (Å²) in [6.45, 7) is 4.78. The van der Waals surface area contributed by atoms with Gasteiger partial charge in [-0.15, -0.1) is 0 Å². The van der Waals surface area contributed by atoms with E-state index in [4.69, 9.17) is 11.5 Å². The number of hydrogen-bond acceptors (Lipinski definition) is 3. The summed E-state index contributed by atoms with van der Waals surface area (Å²) >= 11 is 0. The lowest BCUT2D eigenvalue weighted by atomic mass is 9.72. The highest BCUT2D eigenvalue weighted by Gasteiger charge is 2.53. The van der Waals surface area contributed by atoms with Crippen LogP contribution >= 0.6 is 0 Å². The summed E-state index contributed by atoms with van der Waals surface area (Å²) in [7, 11) is 0. The van der Waals surface area contributed by atoms with Crippen molar-refractivity contribution in [3.05, 3.63) is 35.4 Å². The number of alkyl halides is 3. The fraction of sp³-hybridized carbons (Fsp3) is 0.667. The fourth-order valence-corrected chi connectivity index (χ4v) is 5.43. The molecule has 7 heteroatoms. The molecule has 0 bridgehead atoms. The lowest BCUT2D eigenvalue weighted by Gasteiger charge is -2.37. The van der Waals surface area contributed by atoms with Gasteiger partial charge in [0, 0.05) is 6.04 Å². The first kappa shape index (κ1) is 21.1. The van der Waals surface area contributed by atoms with Crippen LogP contribution in [0.2, 0.25) is 0 Å². The van der Waals surface area contributed by atoms with Gasteiger partial charge in [0.2, 0.25) is 5.91 Å². The van der Waals surface area contributed by atoms with Crippen LogP contribution in [-0.2, 0) is 17.4 Å². The first-order chi connectivity index (χ1) is 13.0. The Hall–Kier alpha value is -1.60. The number of nitrogens with two attached hydrogens (primary N) is 2. The predicted molar refractivity (Wildman–Crippen MR) is 102 cm³/mol. The van der Waals surface area contributed by atoms with Crippen LogP contribution in [0.5, 0.6) is 0 Å². The maximum absolute atomic E-state index is 13.0. The zero-order chi connectivity index (χ0) is 20.7. The van der Waals surface area contributed by atoms with E-state index in [-0.39, 0.29) is 23.8 Å². The van der Waals surface area contributed by atoms with Gasteiger partial charge in [0.1, 0.15) is 0 Å². The van der Waals surface area contributed by atoms with Gasteiger partial charge in [0.15, 0.2) is 0 Å². The number of carbonyl (C=O) groups is 1. The van der Waals surface area contributed by atoms with Crippen molar-refractivity contribution in [2.45, 2.75) is 57.3 Å². The van der Waals surface area contributed by atoms with Gasteiger partial charge >= 0.3 is 6.18 Å². The van der Waals surface area contributed by atoms with Crippen molar-refractivity contribution >= 4 is 5.91 Å². The average molecular weight is 397 g/mol. The van der Waals surface area contributed by atoms with Crippen molar-refractivity contribution in [2.24, 2.45) is 35.1 Å². The molecule has 1 unspecified atom stereocenters. The molecule has 1 amide bonds. The second-order valence-corrected chi connectivity index (χ2v) is 8.93. The molecule has 1 aromatic rings. The van der Waals surface area contributed by atoms with E-state index in [1.165, 1.54) is 12.1 Å². The van der Waals surface area contributed by atoms with Crippen molar-refractivity contribution in [3.63, 3.8) is 0 Å². The number of benzene rings is 1. The lowest BCUT2D eigenvalue weighted by molar-refractivity contribution is -0.137. The highest BCUT2D eigenvalue weighted by Crippen LogP contribution is 2.48. The van der Waals surface area contributed by atoms with Crippen molar-refractivity contribution in [2.75, 3.05) is 6.54 Å². The Morgan fingerprint density at radius 2 is 1.96 bits per heavy atom. The summed E-state index contributed by atoms with van der Waals surface area (Å²) in [6.07, 6.45) is -1.50. The predicted octanol–water partition coefficient (Wildman–Crippen LogP) is 3.09. The Morgan fingerprint density at radius 1 is 1.25 bits per heavy atom. The van der Waals surface area contributed by atoms with E-state index >= 15 is 0 Å². The normalized spacial score (nSPS) is 29.7. The number of primary amides is 1. The Morgan fingerprint density at radius 3 is 2.57 bits per heavy atom. The topological polar surface area (TPSA) is 81.1 Å². The largest absolute Gasteiger partial charge is 0.416 e. The van der Waals surface area contributed by atoms with Crippen LogP contribution in [0, 0.1) is 23.7 Å². The molecule has 5 N–H and O–H groups in total. The zero-order valence-electron chi connectivity index (χ0n) is 16.4. The second kappa shape index (κ2) is 7.67. The number of amides is 1. The van der Waals surface area contributed by atoms with E-state index < -0.39 is 23.2 Å². The molecule has 1 aliphatic heterocycles. The molecule has 1 aliphatic carbocycles. The molecule has 5 atom stereocenters. The highest BCUT2D eigenvalue weighted by atomic mass is 19.4. The fourth-order valence-electron chi connectivity index (χ4n) is 5.43. The summed E-state index contributed by atoms with van der Waals surface area (Å²) in [5.41, 5.74) is 11.3. The van der Waals surface area contributed by atoms with Crippen molar-refractivity contribution in [1.29, 1.82) is 0 Å². The number of fused-ring (bicyclic) bond motifs is 1. The summed E-state index contributed by atoms with van der Waals surface area (Å²) < 4.78 is 39.0. The van der Waals surface area contributed by atoms with E-state index in [0.717, 1.165) is 25.5 Å². The van der Waals surface area contributed by atoms with Crippen LogP contribution in [0.25, 0.3) is 0 Å². The summed E-state index contributed by atoms with van der Waals surface area (Å²) in [6, 6.07) is 5.63. The number of carbonyl (C=O) groups excluding carboxylic acids is 1. The quantitative estimate of drug-likeness (QED) is 0.690. The molecule has 0 radical (unpaired) electrons. The standard InChI is InChI=1S/C21H30F3N3O/c1-12(2)10-20(26,19(25)28)17-7-6-15-16(17)11-27-18(15)9-13-4-3-5-14(8-13)21(22,23)24/h3-5,8,12,15-18,27H,6-7,9-11,26H2,1-2H3,(H2,25,28)/t15-,16+,17+,18?,20-/m1/s1. The molecular weight excluding hydrogens is 367 g/mol. The van der Waals surface area contributed by atoms with E-state index in [9.17, 15) is 18.0 Å². The molecular formula is C21H30F3N3O. The monoisotopic (exact) mass is 397 g/mol. The van der Waals surface area contributed by atoms with Gasteiger partial charge in [-0.05, 0) is 67.5 Å². The maximum atomic E-state index is 13.0. The van der Waals surface area contributed by atoms with Crippen molar-refractivity contribution in [1.82, 2.24) is 5.32 Å². The number of rotatable bonds is 6. The van der Waals surface area contributed by atoms with Crippen LogP contribution < -0.4 is 16.8 Å². The van der Waals surface area contributed by atoms with Crippen LogP contribution in [0.15, 0.2) is 24.3 Å². The van der Waals surface area contributed by atoms with Gasteiger partial charge in [-0.3, -0.25) is 4.79 Å². The molecule has 1 aromatic carbocycles. The van der Waals surface area contributed by atoms with Crippen LogP contribution in [0.1, 0.15) is 44.2 Å². The van der Waals surface area contributed by atoms with E-state index in [0.29, 0.717) is 24.3 Å². The molecule has 0 spiro atoms. The lowest BCUT2D eigenvalue weighted by Crippen LogP contribution is -2.59. The summed E-state index contributed by atoms with van der Waals surface area (Å²) in [5, 5.41) is 3.47. The van der Waals surface area contributed by atoms with Crippen LogP contribution in [0.3, 0.4) is 0 Å². The Labute approximate surface area is 164 Å². The minimum atomic E-state index is -4.34. The molecule has 2 fully saturated rings. The molecule has 2 aliphatic rings. The van der Waals surface area contributed by atoms with Gasteiger partial charge in [0.25, 0.3) is 0 Å². The van der Waals surface area contributed by atoms with E-state index in [1.807, 2.05) is 13.8 Å². The molecule has 4 nitrogen and oxygen atoms in total. The third-order valence-electron chi connectivity index (χ3n) is 6.59. The third kappa shape index (κ3) is 4.06. The van der Waals surface area contributed by atoms with Crippen LogP contribution in [0.4, 0.5) is 13.2 Å². The van der Waals surface area contributed by atoms with Crippen LogP contribution in [-0.4, -0.2) is 24.0 Å². The van der Waals surface area contributed by atoms with Gasteiger partial charge in [-0.25, -0.2) is 0 Å². The van der Waals surface area contributed by atoms with Gasteiger partial charge in [0.05, 0.1) is 11.1 Å². The SMILES string of the molecule is CC(C)C[C@](N)(C(N)=O)[C@H]1CC[C@H]2C(Cc3cccc(C(F)(F)F)c3)NC[C@@H]21. The van der Waals surface area contributed by atoms with E-state index in [2.05, 4.69) is 5.32 Å². The molecule has 1 saturated carbocycles. The molecule has 28 heavy (non-hydrogen) atoms. The summed E-state index contributed by atoms with van der Waals surface area (Å²) in [4.78, 5) is 12.2.